The van der Waals surface area contributed by atoms with Gasteiger partial charge in [-0.25, -0.2) is 8.78 Å². The van der Waals surface area contributed by atoms with Gasteiger partial charge in [-0.1, -0.05) is 17.3 Å². The molecule has 2 aromatic carbocycles. The fourth-order valence-electron chi connectivity index (χ4n) is 3.99. The summed E-state index contributed by atoms with van der Waals surface area (Å²) in [7, 11) is 0. The van der Waals surface area contributed by atoms with Gasteiger partial charge in [0.2, 0.25) is 12.2 Å². The van der Waals surface area contributed by atoms with Crippen molar-refractivity contribution in [3.8, 4) is 5.75 Å². The van der Waals surface area contributed by atoms with E-state index in [0.29, 0.717) is 17.7 Å². The first-order chi connectivity index (χ1) is 19.4. The lowest BCUT2D eigenvalue weighted by Gasteiger charge is -2.39. The number of nitrogens with one attached hydrogen (secondary N) is 1. The van der Waals surface area contributed by atoms with Crippen molar-refractivity contribution in [2.75, 3.05) is 13.2 Å². The van der Waals surface area contributed by atoms with Crippen molar-refractivity contribution in [3.63, 3.8) is 0 Å². The van der Waals surface area contributed by atoms with E-state index in [4.69, 9.17) is 14.3 Å². The number of rotatable bonds is 9. The number of carbonyl (C=O) groups is 1. The number of aliphatic hydroxyl groups excluding tert-OH is 4. The molecular formula is C26H27F5N2O8. The minimum absolute atomic E-state index is 0.0214. The van der Waals surface area contributed by atoms with Crippen molar-refractivity contribution in [1.82, 2.24) is 5.32 Å². The number of nitrogens with zero attached hydrogens (tertiary/aromatic N) is 1. The average Bonchev–Trinajstić information content (AvgIpc) is 3.75. The Morgan fingerprint density at radius 3 is 2.32 bits per heavy atom. The highest BCUT2D eigenvalue weighted by Gasteiger charge is 2.44. The predicted octanol–water partition coefficient (Wildman–Crippen LogP) is 1.61. The van der Waals surface area contributed by atoms with Crippen LogP contribution >= 0.6 is 0 Å². The zero-order chi connectivity index (χ0) is 29.9. The predicted molar refractivity (Wildman–Crippen MR) is 129 cm³/mol. The van der Waals surface area contributed by atoms with E-state index in [0.717, 1.165) is 12.8 Å². The largest absolute Gasteiger partial charge is 0.462 e. The number of aliphatic hydroxyl groups is 4. The van der Waals surface area contributed by atoms with Gasteiger partial charge in [-0.15, -0.1) is 0 Å². The summed E-state index contributed by atoms with van der Waals surface area (Å²) in [5, 5.41) is 44.7. The van der Waals surface area contributed by atoms with E-state index in [1.165, 1.54) is 24.3 Å². The summed E-state index contributed by atoms with van der Waals surface area (Å²) in [6, 6.07) is 6.15. The number of hydrogen-bond donors (Lipinski definition) is 5. The molecule has 1 aliphatic heterocycles. The number of alkyl halides is 3. The third kappa shape index (κ3) is 7.48. The van der Waals surface area contributed by atoms with E-state index in [9.17, 15) is 47.2 Å². The van der Waals surface area contributed by atoms with Crippen LogP contribution in [0, 0.1) is 17.6 Å². The molecule has 0 bridgehead atoms. The smallest absolute Gasteiger partial charge is 0.417 e. The summed E-state index contributed by atoms with van der Waals surface area (Å²) in [5.41, 5.74) is -2.54. The molecule has 224 valence electrons. The van der Waals surface area contributed by atoms with Crippen LogP contribution in [0.5, 0.6) is 5.75 Å². The molecule has 2 aliphatic rings. The molecule has 0 radical (unpaired) electrons. The summed E-state index contributed by atoms with van der Waals surface area (Å²) >= 11 is 0. The van der Waals surface area contributed by atoms with Gasteiger partial charge in [0.25, 0.3) is 0 Å². The molecule has 1 saturated carbocycles. The highest BCUT2D eigenvalue weighted by Crippen LogP contribution is 2.34. The first-order valence-electron chi connectivity index (χ1n) is 12.5. The number of hydrogen-bond acceptors (Lipinski definition) is 9. The lowest BCUT2D eigenvalue weighted by Crippen LogP contribution is -2.60. The molecule has 1 heterocycles. The minimum atomic E-state index is -5.09. The molecule has 41 heavy (non-hydrogen) atoms. The second-order valence-electron chi connectivity index (χ2n) is 9.64. The van der Waals surface area contributed by atoms with Gasteiger partial charge >= 0.3 is 6.18 Å². The number of halogens is 5. The standard InChI is InChI=1S/C26H27F5N2O8/c27-16-8-7-15(26(29,30)31)19(20(16)28)24(33-39-11-13-1-2-13)32-18(35)9-12-3-5-14(6-4-12)40-25-23(38)22(37)21(36)17(10-34)41-25/h3-8,13,17,21-23,25,34,36-38H,1-2,9-11H2,(H,32,33,35)/t17-,21-,22+,23-,25-/m1/s1. The van der Waals surface area contributed by atoms with Crippen LogP contribution in [0.3, 0.4) is 0 Å². The topological polar surface area (TPSA) is 150 Å². The van der Waals surface area contributed by atoms with Crippen molar-refractivity contribution < 1.29 is 61.5 Å². The Balaban J connectivity index is 1.47. The van der Waals surface area contributed by atoms with Crippen LogP contribution in [0.1, 0.15) is 29.5 Å². The van der Waals surface area contributed by atoms with Gasteiger partial charge in [-0.3, -0.25) is 4.79 Å². The molecule has 1 amide bonds. The summed E-state index contributed by atoms with van der Waals surface area (Å²) < 4.78 is 80.1. The maximum absolute atomic E-state index is 14.6. The second-order valence-corrected chi connectivity index (χ2v) is 9.64. The molecule has 1 aliphatic carbocycles. The van der Waals surface area contributed by atoms with Crippen molar-refractivity contribution >= 4 is 11.7 Å². The van der Waals surface area contributed by atoms with Crippen LogP contribution in [0.15, 0.2) is 41.6 Å². The Labute approximate surface area is 229 Å². The number of amides is 1. The fraction of sp³-hybridized carbons (Fsp3) is 0.462. The lowest BCUT2D eigenvalue weighted by atomic mass is 9.99. The Morgan fingerprint density at radius 1 is 1.02 bits per heavy atom. The molecule has 1 saturated heterocycles. The molecule has 15 heteroatoms. The average molecular weight is 590 g/mol. The van der Waals surface area contributed by atoms with Gasteiger partial charge < -0.3 is 40.1 Å². The third-order valence-electron chi connectivity index (χ3n) is 6.45. The third-order valence-corrected chi connectivity index (χ3v) is 6.45. The van der Waals surface area contributed by atoms with E-state index in [1.54, 1.807) is 0 Å². The molecule has 4 rings (SSSR count). The van der Waals surface area contributed by atoms with Gasteiger partial charge in [0.15, 0.2) is 17.5 Å². The maximum atomic E-state index is 14.6. The van der Waals surface area contributed by atoms with Crippen molar-refractivity contribution in [2.45, 2.75) is 56.1 Å². The van der Waals surface area contributed by atoms with Gasteiger partial charge in [0, 0.05) is 0 Å². The molecule has 0 spiro atoms. The van der Waals surface area contributed by atoms with E-state index in [-0.39, 0.29) is 18.3 Å². The van der Waals surface area contributed by atoms with E-state index >= 15 is 0 Å². The first kappa shape index (κ1) is 30.6. The Bertz CT molecular complexity index is 1250. The summed E-state index contributed by atoms with van der Waals surface area (Å²) in [5.74, 6) is -5.07. The quantitative estimate of drug-likeness (QED) is 0.128. The molecule has 0 aromatic heterocycles. The molecule has 0 unspecified atom stereocenters. The second kappa shape index (κ2) is 12.7. The van der Waals surface area contributed by atoms with Crippen LogP contribution in [0.4, 0.5) is 22.0 Å². The normalized spacial score (nSPS) is 25.1. The van der Waals surface area contributed by atoms with E-state index < -0.39 is 84.4 Å². The van der Waals surface area contributed by atoms with Gasteiger partial charge in [-0.2, -0.15) is 13.2 Å². The molecular weight excluding hydrogens is 563 g/mol. The Morgan fingerprint density at radius 2 is 1.71 bits per heavy atom. The molecule has 5 atom stereocenters. The number of carbonyl (C=O) groups excluding carboxylic acids is 1. The number of benzene rings is 2. The van der Waals surface area contributed by atoms with Crippen molar-refractivity contribution in [3.05, 3.63) is 64.7 Å². The zero-order valence-electron chi connectivity index (χ0n) is 21.2. The van der Waals surface area contributed by atoms with Crippen LogP contribution < -0.4 is 10.1 Å². The molecule has 2 aromatic rings. The van der Waals surface area contributed by atoms with Crippen LogP contribution in [-0.2, 0) is 27.0 Å². The highest BCUT2D eigenvalue weighted by molar-refractivity contribution is 6.09. The van der Waals surface area contributed by atoms with Gasteiger partial charge in [-0.05, 0) is 48.6 Å². The van der Waals surface area contributed by atoms with Crippen LogP contribution in [0.2, 0.25) is 0 Å². The molecule has 5 N–H and O–H groups in total. The van der Waals surface area contributed by atoms with Crippen molar-refractivity contribution in [1.29, 1.82) is 0 Å². The maximum Gasteiger partial charge on any atom is 0.417 e. The summed E-state index contributed by atoms with van der Waals surface area (Å²) in [4.78, 5) is 17.8. The van der Waals surface area contributed by atoms with E-state index in [1.807, 2.05) is 0 Å². The van der Waals surface area contributed by atoms with Crippen molar-refractivity contribution in [2.24, 2.45) is 11.1 Å². The first-order valence-corrected chi connectivity index (χ1v) is 12.5. The fourth-order valence-corrected chi connectivity index (χ4v) is 3.99. The summed E-state index contributed by atoms with van der Waals surface area (Å²) in [6.45, 7) is -0.632. The van der Waals surface area contributed by atoms with Crippen LogP contribution in [-0.4, -0.2) is 76.1 Å². The molecule has 2 fully saturated rings. The Kier molecular flexibility index (Phi) is 9.44. The summed E-state index contributed by atoms with van der Waals surface area (Å²) in [6.07, 6.45) is -11.4. The minimum Gasteiger partial charge on any atom is -0.462 e. The van der Waals surface area contributed by atoms with Gasteiger partial charge in [0.05, 0.1) is 24.2 Å². The highest BCUT2D eigenvalue weighted by atomic mass is 19.4. The SMILES string of the molecule is O=C(Cc1ccc(O[C@@H]2O[C@H](CO)[C@@H](O)[C@H](O)[C@H]2O)cc1)N/C(=N\OCC1CC1)c1c(C(F)(F)F)ccc(F)c1F. The zero-order valence-corrected chi connectivity index (χ0v) is 21.2. The Hall–Kier alpha value is -3.37. The van der Waals surface area contributed by atoms with Crippen LogP contribution in [0.25, 0.3) is 0 Å². The lowest BCUT2D eigenvalue weighted by molar-refractivity contribution is -0.277. The van der Waals surface area contributed by atoms with Gasteiger partial charge in [0.1, 0.15) is 36.8 Å². The number of amidine groups is 1. The number of ether oxygens (including phenoxy) is 2. The number of oxime groups is 1. The van der Waals surface area contributed by atoms with E-state index in [2.05, 4.69) is 10.5 Å². The molecule has 10 nitrogen and oxygen atoms in total. The monoisotopic (exact) mass is 590 g/mol.